The van der Waals surface area contributed by atoms with Gasteiger partial charge >= 0.3 is 0 Å². The van der Waals surface area contributed by atoms with E-state index in [1.54, 1.807) is 29.2 Å². The third kappa shape index (κ3) is 4.71. The second-order valence-corrected chi connectivity index (χ2v) is 5.30. The molecule has 0 bridgehead atoms. The SMILES string of the molecule is CCN(Cc1cccc(F)c1)C(=O)/C=C/c1ccc(Cl)cc1. The van der Waals surface area contributed by atoms with E-state index in [9.17, 15) is 9.18 Å². The Labute approximate surface area is 134 Å². The Morgan fingerprint density at radius 3 is 2.59 bits per heavy atom. The van der Waals surface area contributed by atoms with Gasteiger partial charge in [0.1, 0.15) is 5.82 Å². The van der Waals surface area contributed by atoms with Gasteiger partial charge in [0.15, 0.2) is 0 Å². The van der Waals surface area contributed by atoms with Crippen molar-refractivity contribution >= 4 is 23.6 Å². The molecule has 0 saturated carbocycles. The number of carbonyl (C=O) groups excluding carboxylic acids is 1. The van der Waals surface area contributed by atoms with Crippen LogP contribution in [0.4, 0.5) is 4.39 Å². The van der Waals surface area contributed by atoms with Crippen molar-refractivity contribution in [3.8, 4) is 0 Å². The molecule has 114 valence electrons. The quantitative estimate of drug-likeness (QED) is 0.741. The van der Waals surface area contributed by atoms with Crippen LogP contribution in [0.1, 0.15) is 18.1 Å². The van der Waals surface area contributed by atoms with Gasteiger partial charge in [-0.2, -0.15) is 0 Å². The zero-order valence-corrected chi connectivity index (χ0v) is 13.1. The molecule has 0 aliphatic heterocycles. The number of nitrogens with zero attached hydrogens (tertiary/aromatic N) is 1. The average molecular weight is 318 g/mol. The van der Waals surface area contributed by atoms with Gasteiger partial charge in [-0.15, -0.1) is 0 Å². The van der Waals surface area contributed by atoms with Gasteiger partial charge in [-0.1, -0.05) is 35.9 Å². The van der Waals surface area contributed by atoms with Gasteiger partial charge in [0.2, 0.25) is 5.91 Å². The van der Waals surface area contributed by atoms with Crippen molar-refractivity contribution in [2.24, 2.45) is 0 Å². The molecular weight excluding hydrogens is 301 g/mol. The van der Waals surface area contributed by atoms with E-state index in [1.165, 1.54) is 18.2 Å². The smallest absolute Gasteiger partial charge is 0.246 e. The van der Waals surface area contributed by atoms with E-state index >= 15 is 0 Å². The Balaban J connectivity index is 2.03. The maximum absolute atomic E-state index is 13.2. The van der Waals surface area contributed by atoms with Gasteiger partial charge in [-0.3, -0.25) is 4.79 Å². The second-order valence-electron chi connectivity index (χ2n) is 4.87. The largest absolute Gasteiger partial charge is 0.335 e. The summed E-state index contributed by atoms with van der Waals surface area (Å²) in [4.78, 5) is 13.9. The number of rotatable bonds is 5. The molecule has 2 aromatic rings. The van der Waals surface area contributed by atoms with E-state index in [0.717, 1.165) is 11.1 Å². The van der Waals surface area contributed by atoms with Crippen molar-refractivity contribution in [3.05, 3.63) is 76.6 Å². The standard InChI is InChI=1S/C18H17ClFNO/c1-2-21(13-15-4-3-5-17(20)12-15)18(22)11-8-14-6-9-16(19)10-7-14/h3-12H,2,13H2,1H3/b11-8+. The van der Waals surface area contributed by atoms with Crippen LogP contribution in [-0.2, 0) is 11.3 Å². The number of amides is 1. The number of likely N-dealkylation sites (N-methyl/N-ethyl adjacent to an activating group) is 1. The lowest BCUT2D eigenvalue weighted by molar-refractivity contribution is -0.126. The fourth-order valence-electron chi connectivity index (χ4n) is 2.05. The van der Waals surface area contributed by atoms with Gasteiger partial charge in [-0.25, -0.2) is 4.39 Å². The van der Waals surface area contributed by atoms with Crippen LogP contribution in [0, 0.1) is 5.82 Å². The minimum Gasteiger partial charge on any atom is -0.335 e. The third-order valence-corrected chi connectivity index (χ3v) is 3.50. The van der Waals surface area contributed by atoms with Gasteiger partial charge in [0.25, 0.3) is 0 Å². The molecule has 0 aliphatic carbocycles. The fraction of sp³-hybridized carbons (Fsp3) is 0.167. The van der Waals surface area contributed by atoms with E-state index in [4.69, 9.17) is 11.6 Å². The van der Waals surface area contributed by atoms with Crippen molar-refractivity contribution in [2.75, 3.05) is 6.54 Å². The highest BCUT2D eigenvalue weighted by Crippen LogP contribution is 2.12. The summed E-state index contributed by atoms with van der Waals surface area (Å²) >= 11 is 5.82. The highest BCUT2D eigenvalue weighted by Gasteiger charge is 2.09. The number of hydrogen-bond acceptors (Lipinski definition) is 1. The molecule has 0 unspecified atom stereocenters. The summed E-state index contributed by atoms with van der Waals surface area (Å²) in [5.41, 5.74) is 1.68. The third-order valence-electron chi connectivity index (χ3n) is 3.24. The van der Waals surface area contributed by atoms with E-state index in [2.05, 4.69) is 0 Å². The van der Waals surface area contributed by atoms with E-state index < -0.39 is 0 Å². The molecule has 0 saturated heterocycles. The predicted octanol–water partition coefficient (Wildman–Crippen LogP) is 4.54. The Morgan fingerprint density at radius 2 is 1.95 bits per heavy atom. The first kappa shape index (κ1) is 16.2. The van der Waals surface area contributed by atoms with Crippen LogP contribution < -0.4 is 0 Å². The Kier molecular flexibility index (Phi) is 5.73. The van der Waals surface area contributed by atoms with Crippen molar-refractivity contribution in [2.45, 2.75) is 13.5 Å². The Morgan fingerprint density at radius 1 is 1.23 bits per heavy atom. The van der Waals surface area contributed by atoms with Crippen molar-refractivity contribution in [1.29, 1.82) is 0 Å². The lowest BCUT2D eigenvalue weighted by atomic mass is 10.2. The molecule has 22 heavy (non-hydrogen) atoms. The van der Waals surface area contributed by atoms with Crippen molar-refractivity contribution in [1.82, 2.24) is 4.90 Å². The highest BCUT2D eigenvalue weighted by atomic mass is 35.5. The second kappa shape index (κ2) is 7.76. The number of carbonyl (C=O) groups is 1. The van der Waals surface area contributed by atoms with Gasteiger partial charge in [0.05, 0.1) is 0 Å². The summed E-state index contributed by atoms with van der Waals surface area (Å²) in [6, 6.07) is 13.5. The Hall–Kier alpha value is -2.13. The molecule has 2 aromatic carbocycles. The molecule has 2 rings (SSSR count). The van der Waals surface area contributed by atoms with Gasteiger partial charge < -0.3 is 4.90 Å². The predicted molar refractivity (Wildman–Crippen MR) is 88.0 cm³/mol. The molecule has 1 amide bonds. The molecule has 0 N–H and O–H groups in total. The van der Waals surface area contributed by atoms with Crippen LogP contribution >= 0.6 is 11.6 Å². The number of hydrogen-bond donors (Lipinski definition) is 0. The summed E-state index contributed by atoms with van der Waals surface area (Å²) < 4.78 is 13.2. The van der Waals surface area contributed by atoms with Gasteiger partial charge in [-0.05, 0) is 48.4 Å². The maximum atomic E-state index is 13.2. The average Bonchev–Trinajstić information content (AvgIpc) is 2.52. The first-order valence-electron chi connectivity index (χ1n) is 7.05. The molecule has 0 atom stereocenters. The zero-order valence-electron chi connectivity index (χ0n) is 12.3. The minimum absolute atomic E-state index is 0.110. The summed E-state index contributed by atoms with van der Waals surface area (Å²) in [5.74, 6) is -0.403. The van der Waals surface area contributed by atoms with E-state index in [-0.39, 0.29) is 11.7 Å². The molecule has 2 nitrogen and oxygen atoms in total. The monoisotopic (exact) mass is 317 g/mol. The van der Waals surface area contributed by atoms with Crippen LogP contribution in [0.2, 0.25) is 5.02 Å². The summed E-state index contributed by atoms with van der Waals surface area (Å²) in [5, 5.41) is 0.657. The highest BCUT2D eigenvalue weighted by molar-refractivity contribution is 6.30. The fourth-order valence-corrected chi connectivity index (χ4v) is 2.17. The van der Waals surface area contributed by atoms with E-state index in [0.29, 0.717) is 18.1 Å². The van der Waals surface area contributed by atoms with Crippen LogP contribution in [-0.4, -0.2) is 17.4 Å². The number of benzene rings is 2. The van der Waals surface area contributed by atoms with E-state index in [1.807, 2.05) is 25.1 Å². The van der Waals surface area contributed by atoms with Crippen LogP contribution in [0.5, 0.6) is 0 Å². The maximum Gasteiger partial charge on any atom is 0.246 e. The molecule has 0 spiro atoms. The first-order chi connectivity index (χ1) is 10.6. The van der Waals surface area contributed by atoms with Crippen LogP contribution in [0.3, 0.4) is 0 Å². The lowest BCUT2D eigenvalue weighted by Crippen LogP contribution is -2.28. The molecule has 0 aliphatic rings. The first-order valence-corrected chi connectivity index (χ1v) is 7.43. The van der Waals surface area contributed by atoms with Crippen LogP contribution in [0.15, 0.2) is 54.6 Å². The summed E-state index contributed by atoms with van der Waals surface area (Å²) in [7, 11) is 0. The minimum atomic E-state index is -0.294. The lowest BCUT2D eigenvalue weighted by Gasteiger charge is -2.19. The van der Waals surface area contributed by atoms with Crippen LogP contribution in [0.25, 0.3) is 6.08 Å². The molecule has 4 heteroatoms. The Bertz CT molecular complexity index is 667. The molecule has 0 radical (unpaired) electrons. The van der Waals surface area contributed by atoms with Crippen molar-refractivity contribution < 1.29 is 9.18 Å². The summed E-state index contributed by atoms with van der Waals surface area (Å²) in [6.07, 6.45) is 3.26. The zero-order chi connectivity index (χ0) is 15.9. The number of halogens is 2. The normalized spacial score (nSPS) is 10.9. The molecule has 0 aromatic heterocycles. The topological polar surface area (TPSA) is 20.3 Å². The van der Waals surface area contributed by atoms with Gasteiger partial charge in [0, 0.05) is 24.2 Å². The molecular formula is C18H17ClFNO. The molecule has 0 heterocycles. The molecule has 0 fully saturated rings. The summed E-state index contributed by atoms with van der Waals surface area (Å²) in [6.45, 7) is 2.84. The van der Waals surface area contributed by atoms with Crippen molar-refractivity contribution in [3.63, 3.8) is 0 Å².